The molecule has 1 aliphatic rings. The number of thioether (sulfide) groups is 1. The van der Waals surface area contributed by atoms with Gasteiger partial charge in [0.2, 0.25) is 5.91 Å². The van der Waals surface area contributed by atoms with Crippen LogP contribution in [0.2, 0.25) is 0 Å². The third-order valence-corrected chi connectivity index (χ3v) is 7.97. The summed E-state index contributed by atoms with van der Waals surface area (Å²) in [5, 5.41) is 0.783. The molecule has 3 aromatic heterocycles. The molecular weight excluding hydrogens is 454 g/mol. The maximum atomic E-state index is 13.0. The van der Waals surface area contributed by atoms with E-state index < -0.39 is 0 Å². The quantitative estimate of drug-likeness (QED) is 0.345. The predicted molar refractivity (Wildman–Crippen MR) is 132 cm³/mol. The van der Waals surface area contributed by atoms with Crippen LogP contribution in [0.4, 0.5) is 0 Å². The maximum absolute atomic E-state index is 13.0. The van der Waals surface area contributed by atoms with Crippen molar-refractivity contribution in [2.75, 3.05) is 5.75 Å². The van der Waals surface area contributed by atoms with Crippen molar-refractivity contribution in [3.8, 4) is 0 Å². The van der Waals surface area contributed by atoms with Crippen LogP contribution >= 0.6 is 23.1 Å². The summed E-state index contributed by atoms with van der Waals surface area (Å²) < 4.78 is 5.46. The number of nitrogens with one attached hydrogen (secondary N) is 1. The molecule has 170 valence electrons. The number of carbonyl (C=O) groups excluding carboxylic acids is 1. The van der Waals surface area contributed by atoms with Crippen molar-refractivity contribution in [2.24, 2.45) is 0 Å². The molecule has 3 heterocycles. The van der Waals surface area contributed by atoms with Gasteiger partial charge in [0.15, 0.2) is 0 Å². The summed E-state index contributed by atoms with van der Waals surface area (Å²) in [6.45, 7) is 0.986. The number of furan rings is 1. The summed E-state index contributed by atoms with van der Waals surface area (Å²) in [7, 11) is 0. The lowest BCUT2D eigenvalue weighted by atomic mass is 10.2. The maximum Gasteiger partial charge on any atom is 0.259 e. The van der Waals surface area contributed by atoms with Gasteiger partial charge in [0.05, 0.1) is 23.9 Å². The Bertz CT molecular complexity index is 1300. The lowest BCUT2D eigenvalue weighted by molar-refractivity contribution is -0.132. The molecule has 0 radical (unpaired) electrons. The lowest BCUT2D eigenvalue weighted by Crippen LogP contribution is -2.30. The second kappa shape index (κ2) is 9.97. The van der Waals surface area contributed by atoms with Gasteiger partial charge in [-0.1, -0.05) is 30.3 Å². The molecule has 1 N–H and O–H groups in total. The predicted octanol–water partition coefficient (Wildman–Crippen LogP) is 4.92. The molecule has 8 heteroatoms. The van der Waals surface area contributed by atoms with Gasteiger partial charge in [0.25, 0.3) is 5.56 Å². The van der Waals surface area contributed by atoms with Gasteiger partial charge in [-0.05, 0) is 42.5 Å². The second-order valence-corrected chi connectivity index (χ2v) is 10.4. The summed E-state index contributed by atoms with van der Waals surface area (Å²) in [6.07, 6.45) is 5.21. The molecule has 1 amide bonds. The van der Waals surface area contributed by atoms with Crippen LogP contribution < -0.4 is 5.56 Å². The third-order valence-electron chi connectivity index (χ3n) is 5.82. The highest BCUT2D eigenvalue weighted by Gasteiger charge is 2.21. The Hall–Kier alpha value is -2.84. The topological polar surface area (TPSA) is 79.2 Å². The number of carbonyl (C=O) groups is 1. The van der Waals surface area contributed by atoms with Gasteiger partial charge >= 0.3 is 0 Å². The first-order chi connectivity index (χ1) is 16.2. The van der Waals surface area contributed by atoms with Crippen molar-refractivity contribution >= 4 is 39.2 Å². The molecular formula is C25H25N3O3S2. The highest BCUT2D eigenvalue weighted by atomic mass is 32.2. The van der Waals surface area contributed by atoms with E-state index in [1.165, 1.54) is 10.4 Å². The van der Waals surface area contributed by atoms with E-state index in [0.29, 0.717) is 36.8 Å². The molecule has 6 nitrogen and oxygen atoms in total. The minimum Gasteiger partial charge on any atom is -0.467 e. The van der Waals surface area contributed by atoms with Crippen LogP contribution in [0, 0.1) is 0 Å². The number of rotatable bonds is 9. The number of nitrogens with zero attached hydrogens (tertiary/aromatic N) is 2. The van der Waals surface area contributed by atoms with Crippen LogP contribution in [-0.4, -0.2) is 26.5 Å². The Morgan fingerprint density at radius 1 is 1.15 bits per heavy atom. The number of benzene rings is 1. The fourth-order valence-corrected chi connectivity index (χ4v) is 6.30. The van der Waals surface area contributed by atoms with Crippen LogP contribution in [-0.2, 0) is 36.5 Å². The smallest absolute Gasteiger partial charge is 0.259 e. The molecule has 0 saturated carbocycles. The summed E-state index contributed by atoms with van der Waals surface area (Å²) in [5.74, 6) is 2.77. The fraction of sp³-hybridized carbons (Fsp3) is 0.320. The van der Waals surface area contributed by atoms with E-state index in [1.807, 2.05) is 47.4 Å². The van der Waals surface area contributed by atoms with E-state index in [4.69, 9.17) is 9.40 Å². The van der Waals surface area contributed by atoms with Gasteiger partial charge in [0.1, 0.15) is 16.4 Å². The average molecular weight is 480 g/mol. The van der Waals surface area contributed by atoms with E-state index in [0.717, 1.165) is 40.8 Å². The van der Waals surface area contributed by atoms with Crippen LogP contribution in [0.5, 0.6) is 0 Å². The molecule has 0 aliphatic heterocycles. The molecule has 0 saturated heterocycles. The fourth-order valence-electron chi connectivity index (χ4n) is 4.23. The zero-order valence-electron chi connectivity index (χ0n) is 18.2. The van der Waals surface area contributed by atoms with Gasteiger partial charge in [-0.2, -0.15) is 11.8 Å². The monoisotopic (exact) mass is 479 g/mol. The Morgan fingerprint density at radius 3 is 2.85 bits per heavy atom. The van der Waals surface area contributed by atoms with Gasteiger partial charge < -0.3 is 14.3 Å². The molecule has 0 atom stereocenters. The molecule has 0 bridgehead atoms. The number of aromatic amines is 1. The standard InChI is InChI=1S/C25H25N3O3S2/c29-22(28(15-18-8-5-12-31-18)14-17-6-2-1-3-7-17)11-13-32-16-21-26-24(30)23-19-9-4-10-20(19)33-25(23)27-21/h1-3,5-8,12H,4,9-11,13-16H2,(H,26,27,30). The average Bonchev–Trinajstić information content (AvgIpc) is 3.54. The molecule has 0 fully saturated rings. The Morgan fingerprint density at radius 2 is 2.03 bits per heavy atom. The molecule has 1 aliphatic carbocycles. The number of aromatic nitrogens is 2. The second-order valence-electron chi connectivity index (χ2n) is 8.17. The molecule has 5 rings (SSSR count). The van der Waals surface area contributed by atoms with Gasteiger partial charge in [0, 0.05) is 23.6 Å². The highest BCUT2D eigenvalue weighted by molar-refractivity contribution is 7.98. The van der Waals surface area contributed by atoms with Crippen LogP contribution in [0.25, 0.3) is 10.2 Å². The molecule has 33 heavy (non-hydrogen) atoms. The van der Waals surface area contributed by atoms with Crippen molar-refractivity contribution in [1.29, 1.82) is 0 Å². The van der Waals surface area contributed by atoms with Crippen molar-refractivity contribution in [1.82, 2.24) is 14.9 Å². The van der Waals surface area contributed by atoms with E-state index >= 15 is 0 Å². The van der Waals surface area contributed by atoms with Crippen molar-refractivity contribution < 1.29 is 9.21 Å². The molecule has 0 unspecified atom stereocenters. The number of amides is 1. The first-order valence-corrected chi connectivity index (χ1v) is 13.1. The number of hydrogen-bond donors (Lipinski definition) is 1. The number of fused-ring (bicyclic) bond motifs is 3. The van der Waals surface area contributed by atoms with Gasteiger partial charge in [-0.25, -0.2) is 4.98 Å². The number of thiophene rings is 1. The van der Waals surface area contributed by atoms with Crippen LogP contribution in [0.3, 0.4) is 0 Å². The summed E-state index contributed by atoms with van der Waals surface area (Å²) in [6, 6.07) is 13.7. The normalized spacial score (nSPS) is 12.8. The zero-order chi connectivity index (χ0) is 22.6. The summed E-state index contributed by atoms with van der Waals surface area (Å²) >= 11 is 3.27. The van der Waals surface area contributed by atoms with E-state index in [1.54, 1.807) is 29.4 Å². The molecule has 0 spiro atoms. The van der Waals surface area contributed by atoms with Crippen molar-refractivity contribution in [2.45, 2.75) is 44.5 Å². The van der Waals surface area contributed by atoms with E-state index in [-0.39, 0.29) is 11.5 Å². The highest BCUT2D eigenvalue weighted by Crippen LogP contribution is 2.34. The van der Waals surface area contributed by atoms with Gasteiger partial charge in [-0.15, -0.1) is 11.3 Å². The number of aryl methyl sites for hydroxylation is 2. The van der Waals surface area contributed by atoms with E-state index in [2.05, 4.69) is 4.98 Å². The Labute approximate surface area is 200 Å². The van der Waals surface area contributed by atoms with Crippen molar-refractivity contribution in [3.05, 3.63) is 86.7 Å². The summed E-state index contributed by atoms with van der Waals surface area (Å²) in [4.78, 5) is 37.2. The molecule has 1 aromatic carbocycles. The van der Waals surface area contributed by atoms with E-state index in [9.17, 15) is 9.59 Å². The van der Waals surface area contributed by atoms with Crippen molar-refractivity contribution in [3.63, 3.8) is 0 Å². The third kappa shape index (κ3) is 5.07. The Kier molecular flexibility index (Phi) is 6.64. The first-order valence-electron chi connectivity index (χ1n) is 11.1. The largest absolute Gasteiger partial charge is 0.467 e. The minimum absolute atomic E-state index is 0.0291. The van der Waals surface area contributed by atoms with Crippen LogP contribution in [0.1, 0.15) is 40.4 Å². The minimum atomic E-state index is -0.0291. The number of H-pyrrole nitrogens is 1. The van der Waals surface area contributed by atoms with Crippen LogP contribution in [0.15, 0.2) is 57.9 Å². The number of hydrogen-bond acceptors (Lipinski definition) is 6. The first kappa shape index (κ1) is 22.0. The van der Waals surface area contributed by atoms with Gasteiger partial charge in [-0.3, -0.25) is 9.59 Å². The molecule has 4 aromatic rings. The zero-order valence-corrected chi connectivity index (χ0v) is 19.8. The SMILES string of the molecule is O=C(CCSCc1nc2sc3c(c2c(=O)[nH]1)CCC3)N(Cc1ccccc1)Cc1ccco1. The summed E-state index contributed by atoms with van der Waals surface area (Å²) in [5.41, 5.74) is 2.25. The lowest BCUT2D eigenvalue weighted by Gasteiger charge is -2.22. The Balaban J connectivity index is 1.19.